The first-order valence-electron chi connectivity index (χ1n) is 5.85. The SMILES string of the molecule is CC(C)c1cnc(NCc2ccccc2)nc1. The summed E-state index contributed by atoms with van der Waals surface area (Å²) in [6.07, 6.45) is 3.76. The van der Waals surface area contributed by atoms with E-state index in [0.717, 1.165) is 12.1 Å². The first-order valence-corrected chi connectivity index (χ1v) is 5.85. The number of nitrogens with one attached hydrogen (secondary N) is 1. The van der Waals surface area contributed by atoms with Gasteiger partial charge in [-0.25, -0.2) is 9.97 Å². The number of hydrogen-bond donors (Lipinski definition) is 1. The summed E-state index contributed by atoms with van der Waals surface area (Å²) < 4.78 is 0. The monoisotopic (exact) mass is 227 g/mol. The first kappa shape index (κ1) is 11.6. The summed E-state index contributed by atoms with van der Waals surface area (Å²) in [7, 11) is 0. The Kier molecular flexibility index (Phi) is 3.70. The Hall–Kier alpha value is -1.90. The van der Waals surface area contributed by atoms with Crippen LogP contribution in [-0.4, -0.2) is 9.97 Å². The molecule has 3 heteroatoms. The van der Waals surface area contributed by atoms with Crippen molar-refractivity contribution in [3.63, 3.8) is 0 Å². The van der Waals surface area contributed by atoms with E-state index < -0.39 is 0 Å². The van der Waals surface area contributed by atoms with Gasteiger partial charge in [0.1, 0.15) is 0 Å². The van der Waals surface area contributed by atoms with E-state index in [-0.39, 0.29) is 0 Å². The molecular weight excluding hydrogens is 210 g/mol. The van der Waals surface area contributed by atoms with Gasteiger partial charge >= 0.3 is 0 Å². The molecule has 17 heavy (non-hydrogen) atoms. The molecule has 1 heterocycles. The van der Waals surface area contributed by atoms with Crippen LogP contribution in [-0.2, 0) is 6.54 Å². The van der Waals surface area contributed by atoms with Crippen molar-refractivity contribution in [2.24, 2.45) is 0 Å². The molecule has 1 N–H and O–H groups in total. The zero-order valence-corrected chi connectivity index (χ0v) is 10.2. The summed E-state index contributed by atoms with van der Waals surface area (Å²) in [6, 6.07) is 10.2. The molecular formula is C14H17N3. The number of aromatic nitrogens is 2. The smallest absolute Gasteiger partial charge is 0.222 e. The molecule has 1 aromatic carbocycles. The van der Waals surface area contributed by atoms with Crippen LogP contribution >= 0.6 is 0 Å². The molecule has 0 atom stereocenters. The largest absolute Gasteiger partial charge is 0.350 e. The summed E-state index contributed by atoms with van der Waals surface area (Å²) in [5, 5.41) is 3.20. The van der Waals surface area contributed by atoms with Crippen molar-refractivity contribution < 1.29 is 0 Å². The minimum Gasteiger partial charge on any atom is -0.350 e. The van der Waals surface area contributed by atoms with Crippen molar-refractivity contribution in [3.05, 3.63) is 53.9 Å². The molecule has 3 nitrogen and oxygen atoms in total. The van der Waals surface area contributed by atoms with Crippen LogP contribution in [0.5, 0.6) is 0 Å². The van der Waals surface area contributed by atoms with Crippen molar-refractivity contribution in [1.29, 1.82) is 0 Å². The lowest BCUT2D eigenvalue weighted by atomic mass is 10.1. The zero-order valence-electron chi connectivity index (χ0n) is 10.2. The van der Waals surface area contributed by atoms with E-state index in [1.807, 2.05) is 30.6 Å². The average Bonchev–Trinajstić information content (AvgIpc) is 2.38. The molecule has 0 saturated heterocycles. The topological polar surface area (TPSA) is 37.8 Å². The predicted molar refractivity (Wildman–Crippen MR) is 69.9 cm³/mol. The Labute approximate surface area is 102 Å². The van der Waals surface area contributed by atoms with Gasteiger partial charge < -0.3 is 5.32 Å². The minimum absolute atomic E-state index is 0.471. The van der Waals surface area contributed by atoms with Crippen LogP contribution in [0.3, 0.4) is 0 Å². The number of nitrogens with zero attached hydrogens (tertiary/aromatic N) is 2. The maximum absolute atomic E-state index is 4.29. The fraction of sp³-hybridized carbons (Fsp3) is 0.286. The Morgan fingerprint density at radius 3 is 2.29 bits per heavy atom. The number of benzene rings is 1. The van der Waals surface area contributed by atoms with Gasteiger partial charge in [-0.1, -0.05) is 44.2 Å². The predicted octanol–water partition coefficient (Wildman–Crippen LogP) is 3.21. The molecule has 1 aromatic heterocycles. The zero-order chi connectivity index (χ0) is 12.1. The van der Waals surface area contributed by atoms with Crippen molar-refractivity contribution in [2.45, 2.75) is 26.3 Å². The van der Waals surface area contributed by atoms with Gasteiger partial charge in [-0.3, -0.25) is 0 Å². The molecule has 0 unspecified atom stereocenters. The number of anilines is 1. The number of hydrogen-bond acceptors (Lipinski definition) is 3. The van der Waals surface area contributed by atoms with Crippen LogP contribution in [0, 0.1) is 0 Å². The van der Waals surface area contributed by atoms with Crippen LogP contribution in [0.25, 0.3) is 0 Å². The van der Waals surface area contributed by atoms with Gasteiger partial charge in [-0.15, -0.1) is 0 Å². The second kappa shape index (κ2) is 5.43. The Morgan fingerprint density at radius 2 is 1.71 bits per heavy atom. The Balaban J connectivity index is 1.96. The van der Waals surface area contributed by atoms with E-state index in [4.69, 9.17) is 0 Å². The maximum atomic E-state index is 4.29. The molecule has 0 spiro atoms. The molecule has 0 bridgehead atoms. The second-order valence-corrected chi connectivity index (χ2v) is 4.33. The highest BCUT2D eigenvalue weighted by molar-refractivity contribution is 5.28. The first-order chi connectivity index (χ1) is 8.25. The van der Waals surface area contributed by atoms with Crippen LogP contribution in [0.1, 0.15) is 30.9 Å². The van der Waals surface area contributed by atoms with E-state index in [1.165, 1.54) is 5.56 Å². The molecule has 0 saturated carbocycles. The normalized spacial score (nSPS) is 10.5. The van der Waals surface area contributed by atoms with Gasteiger partial charge in [-0.2, -0.15) is 0 Å². The second-order valence-electron chi connectivity index (χ2n) is 4.33. The summed E-state index contributed by atoms with van der Waals surface area (Å²) in [6.45, 7) is 5.02. The van der Waals surface area contributed by atoms with Crippen molar-refractivity contribution >= 4 is 5.95 Å². The van der Waals surface area contributed by atoms with E-state index in [1.54, 1.807) is 0 Å². The van der Waals surface area contributed by atoms with E-state index in [2.05, 4.69) is 41.3 Å². The van der Waals surface area contributed by atoms with Crippen molar-refractivity contribution in [3.8, 4) is 0 Å². The molecule has 0 fully saturated rings. The third-order valence-corrected chi connectivity index (χ3v) is 2.63. The van der Waals surface area contributed by atoms with Gasteiger partial charge in [0.15, 0.2) is 0 Å². The van der Waals surface area contributed by atoms with Crippen LogP contribution < -0.4 is 5.32 Å². The van der Waals surface area contributed by atoms with E-state index >= 15 is 0 Å². The molecule has 2 rings (SSSR count). The standard InChI is InChI=1S/C14H17N3/c1-11(2)13-9-16-14(17-10-13)15-8-12-6-4-3-5-7-12/h3-7,9-11H,8H2,1-2H3,(H,15,16,17). The van der Waals surface area contributed by atoms with Gasteiger partial charge in [0.2, 0.25) is 5.95 Å². The third-order valence-electron chi connectivity index (χ3n) is 2.63. The Morgan fingerprint density at radius 1 is 1.06 bits per heavy atom. The molecule has 0 radical (unpaired) electrons. The molecule has 0 aliphatic rings. The lowest BCUT2D eigenvalue weighted by Gasteiger charge is -2.07. The highest BCUT2D eigenvalue weighted by Gasteiger charge is 2.01. The highest BCUT2D eigenvalue weighted by Crippen LogP contribution is 2.12. The van der Waals surface area contributed by atoms with E-state index in [0.29, 0.717) is 11.9 Å². The van der Waals surface area contributed by atoms with Crippen LogP contribution in [0.2, 0.25) is 0 Å². The van der Waals surface area contributed by atoms with Gasteiger partial charge in [0.05, 0.1) is 0 Å². The van der Waals surface area contributed by atoms with Gasteiger partial charge in [0, 0.05) is 18.9 Å². The number of rotatable bonds is 4. The summed E-state index contributed by atoms with van der Waals surface area (Å²) in [5.41, 5.74) is 2.39. The maximum Gasteiger partial charge on any atom is 0.222 e. The molecule has 0 aliphatic heterocycles. The van der Waals surface area contributed by atoms with Crippen LogP contribution in [0.15, 0.2) is 42.7 Å². The Bertz CT molecular complexity index is 449. The van der Waals surface area contributed by atoms with Crippen LogP contribution in [0.4, 0.5) is 5.95 Å². The summed E-state index contributed by atoms with van der Waals surface area (Å²) in [5.74, 6) is 1.15. The average molecular weight is 227 g/mol. The van der Waals surface area contributed by atoms with Gasteiger partial charge in [-0.05, 0) is 17.0 Å². The molecule has 88 valence electrons. The van der Waals surface area contributed by atoms with Crippen molar-refractivity contribution in [2.75, 3.05) is 5.32 Å². The lowest BCUT2D eigenvalue weighted by Crippen LogP contribution is -2.04. The fourth-order valence-corrected chi connectivity index (χ4v) is 1.50. The highest BCUT2D eigenvalue weighted by atomic mass is 15.1. The molecule has 2 aromatic rings. The fourth-order valence-electron chi connectivity index (χ4n) is 1.50. The molecule has 0 amide bonds. The quantitative estimate of drug-likeness (QED) is 0.871. The minimum atomic E-state index is 0.471. The van der Waals surface area contributed by atoms with E-state index in [9.17, 15) is 0 Å². The lowest BCUT2D eigenvalue weighted by molar-refractivity contribution is 0.845. The van der Waals surface area contributed by atoms with Gasteiger partial charge in [0.25, 0.3) is 0 Å². The van der Waals surface area contributed by atoms with Crippen molar-refractivity contribution in [1.82, 2.24) is 9.97 Å². The molecule has 0 aliphatic carbocycles. The summed E-state index contributed by atoms with van der Waals surface area (Å²) >= 11 is 0. The third kappa shape index (κ3) is 3.28. The summed E-state index contributed by atoms with van der Waals surface area (Å²) in [4.78, 5) is 8.59.